The third-order valence-electron chi connectivity index (χ3n) is 4.61. The number of hydrogen-bond acceptors (Lipinski definition) is 4. The molecule has 4 rings (SSSR count). The van der Waals surface area contributed by atoms with Crippen molar-refractivity contribution >= 4 is 17.5 Å². The molecule has 6 nitrogen and oxygen atoms in total. The smallest absolute Gasteiger partial charge is 0.229 e. The summed E-state index contributed by atoms with van der Waals surface area (Å²) < 4.78 is 11.0. The van der Waals surface area contributed by atoms with Crippen molar-refractivity contribution in [1.82, 2.24) is 4.90 Å². The van der Waals surface area contributed by atoms with E-state index in [1.807, 2.05) is 36.4 Å². The highest BCUT2D eigenvalue weighted by Crippen LogP contribution is 2.25. The quantitative estimate of drug-likeness (QED) is 0.704. The molecule has 3 aromatic rings. The van der Waals surface area contributed by atoms with Crippen molar-refractivity contribution < 1.29 is 18.7 Å². The number of hydrogen-bond donors (Lipinski definition) is 1. The standard InChI is InChI=1S/C22H20N2O4/c25-21-13-16(14-24(21)15-20-7-4-12-27-20)22(26)23-17-8-10-19(11-9-17)28-18-5-2-1-3-6-18/h1-12,16H,13-15H2,(H,23,26). The lowest BCUT2D eigenvalue weighted by Gasteiger charge is -2.15. The second kappa shape index (κ2) is 8.00. The summed E-state index contributed by atoms with van der Waals surface area (Å²) in [6.07, 6.45) is 1.78. The normalized spacial score (nSPS) is 16.2. The molecule has 142 valence electrons. The van der Waals surface area contributed by atoms with Crippen molar-refractivity contribution in [2.24, 2.45) is 5.92 Å². The molecule has 1 unspecified atom stereocenters. The fourth-order valence-electron chi connectivity index (χ4n) is 3.17. The Kier molecular flexibility index (Phi) is 5.10. The Morgan fingerprint density at radius 3 is 2.50 bits per heavy atom. The zero-order valence-corrected chi connectivity index (χ0v) is 15.2. The first-order chi connectivity index (χ1) is 13.7. The van der Waals surface area contributed by atoms with Gasteiger partial charge in [0.25, 0.3) is 0 Å². The molecule has 2 aromatic carbocycles. The van der Waals surface area contributed by atoms with Crippen LogP contribution in [0.2, 0.25) is 0 Å². The molecular weight excluding hydrogens is 356 g/mol. The summed E-state index contributed by atoms with van der Waals surface area (Å²) in [5, 5.41) is 2.88. The minimum Gasteiger partial charge on any atom is -0.467 e. The molecule has 2 heterocycles. The summed E-state index contributed by atoms with van der Waals surface area (Å²) in [7, 11) is 0. The Hall–Kier alpha value is -3.54. The zero-order valence-electron chi connectivity index (χ0n) is 15.2. The van der Waals surface area contributed by atoms with Crippen LogP contribution in [-0.2, 0) is 16.1 Å². The van der Waals surface area contributed by atoms with E-state index in [0.29, 0.717) is 30.3 Å². The van der Waals surface area contributed by atoms with Crippen LogP contribution >= 0.6 is 0 Å². The Bertz CT molecular complexity index is 936. The van der Waals surface area contributed by atoms with Crippen LogP contribution in [-0.4, -0.2) is 23.3 Å². The summed E-state index contributed by atoms with van der Waals surface area (Å²) in [5.74, 6) is 1.58. The van der Waals surface area contributed by atoms with Crippen LogP contribution in [0.5, 0.6) is 11.5 Å². The predicted molar refractivity (Wildman–Crippen MR) is 104 cm³/mol. The van der Waals surface area contributed by atoms with E-state index in [9.17, 15) is 9.59 Å². The van der Waals surface area contributed by atoms with Gasteiger partial charge in [-0.1, -0.05) is 18.2 Å². The highest BCUT2D eigenvalue weighted by atomic mass is 16.5. The molecular formula is C22H20N2O4. The van der Waals surface area contributed by atoms with Crippen molar-refractivity contribution in [3.63, 3.8) is 0 Å². The van der Waals surface area contributed by atoms with Gasteiger partial charge in [0.15, 0.2) is 0 Å². The maximum absolute atomic E-state index is 12.5. The van der Waals surface area contributed by atoms with Gasteiger partial charge in [-0.3, -0.25) is 9.59 Å². The molecule has 0 saturated carbocycles. The van der Waals surface area contributed by atoms with Gasteiger partial charge >= 0.3 is 0 Å². The first-order valence-corrected chi connectivity index (χ1v) is 9.11. The van der Waals surface area contributed by atoms with E-state index in [0.717, 1.165) is 5.75 Å². The predicted octanol–water partition coefficient (Wildman–Crippen LogP) is 4.06. The number of para-hydroxylation sites is 1. The average Bonchev–Trinajstić information content (AvgIpc) is 3.35. The minimum atomic E-state index is -0.372. The molecule has 0 aliphatic carbocycles. The number of nitrogens with one attached hydrogen (secondary N) is 1. The maximum Gasteiger partial charge on any atom is 0.229 e. The second-order valence-corrected chi connectivity index (χ2v) is 6.68. The fourth-order valence-corrected chi connectivity index (χ4v) is 3.17. The SMILES string of the molecule is O=C(Nc1ccc(Oc2ccccc2)cc1)C1CC(=O)N(Cc2ccco2)C1. The topological polar surface area (TPSA) is 71.8 Å². The van der Waals surface area contributed by atoms with Gasteiger partial charge < -0.3 is 19.4 Å². The van der Waals surface area contributed by atoms with E-state index in [1.54, 1.807) is 41.5 Å². The summed E-state index contributed by atoms with van der Waals surface area (Å²) >= 11 is 0. The molecule has 6 heteroatoms. The largest absolute Gasteiger partial charge is 0.467 e. The Balaban J connectivity index is 1.33. The van der Waals surface area contributed by atoms with Crippen molar-refractivity contribution in [2.45, 2.75) is 13.0 Å². The van der Waals surface area contributed by atoms with Crippen LogP contribution in [0.4, 0.5) is 5.69 Å². The molecule has 0 spiro atoms. The number of amides is 2. The Morgan fingerprint density at radius 1 is 1.04 bits per heavy atom. The lowest BCUT2D eigenvalue weighted by atomic mass is 10.1. The van der Waals surface area contributed by atoms with E-state index < -0.39 is 0 Å². The first-order valence-electron chi connectivity index (χ1n) is 9.11. The monoisotopic (exact) mass is 376 g/mol. The molecule has 1 aromatic heterocycles. The summed E-state index contributed by atoms with van der Waals surface area (Å²) in [4.78, 5) is 26.4. The number of carbonyl (C=O) groups is 2. The van der Waals surface area contributed by atoms with Crippen LogP contribution < -0.4 is 10.1 Å². The number of rotatable bonds is 6. The maximum atomic E-state index is 12.5. The number of likely N-dealkylation sites (tertiary alicyclic amines) is 1. The summed E-state index contributed by atoms with van der Waals surface area (Å²) in [5.41, 5.74) is 0.669. The molecule has 1 aliphatic heterocycles. The van der Waals surface area contributed by atoms with E-state index in [4.69, 9.17) is 9.15 Å². The summed E-state index contributed by atoms with van der Waals surface area (Å²) in [6, 6.07) is 20.3. The second-order valence-electron chi connectivity index (χ2n) is 6.68. The van der Waals surface area contributed by atoms with Gasteiger partial charge in [0.1, 0.15) is 17.3 Å². The van der Waals surface area contributed by atoms with Gasteiger partial charge in [0.2, 0.25) is 11.8 Å². The highest BCUT2D eigenvalue weighted by molar-refractivity contribution is 5.97. The molecule has 1 aliphatic rings. The third kappa shape index (κ3) is 4.23. The van der Waals surface area contributed by atoms with E-state index >= 15 is 0 Å². The highest BCUT2D eigenvalue weighted by Gasteiger charge is 2.34. The average molecular weight is 376 g/mol. The van der Waals surface area contributed by atoms with Crippen LogP contribution in [0, 0.1) is 5.92 Å². The zero-order chi connectivity index (χ0) is 19.3. The molecule has 1 saturated heterocycles. The molecule has 1 N–H and O–H groups in total. The minimum absolute atomic E-state index is 0.0387. The fraction of sp³-hybridized carbons (Fsp3) is 0.182. The first kappa shape index (κ1) is 17.9. The van der Waals surface area contributed by atoms with Crippen LogP contribution in [0.15, 0.2) is 77.4 Å². The van der Waals surface area contributed by atoms with Gasteiger partial charge in [-0.05, 0) is 48.5 Å². The van der Waals surface area contributed by atoms with Gasteiger partial charge in [-0.15, -0.1) is 0 Å². The third-order valence-corrected chi connectivity index (χ3v) is 4.61. The van der Waals surface area contributed by atoms with Crippen LogP contribution in [0.1, 0.15) is 12.2 Å². The number of anilines is 1. The number of carbonyl (C=O) groups excluding carboxylic acids is 2. The molecule has 0 radical (unpaired) electrons. The van der Waals surface area contributed by atoms with E-state index in [2.05, 4.69) is 5.32 Å². The van der Waals surface area contributed by atoms with Gasteiger partial charge in [-0.25, -0.2) is 0 Å². The van der Waals surface area contributed by atoms with Crippen LogP contribution in [0.25, 0.3) is 0 Å². The molecule has 0 bridgehead atoms. The van der Waals surface area contributed by atoms with E-state index in [1.165, 1.54) is 0 Å². The number of benzene rings is 2. The summed E-state index contributed by atoms with van der Waals surface area (Å²) in [6.45, 7) is 0.779. The molecule has 2 amide bonds. The Morgan fingerprint density at radius 2 is 1.79 bits per heavy atom. The van der Waals surface area contributed by atoms with Gasteiger partial charge in [0.05, 0.1) is 18.7 Å². The van der Waals surface area contributed by atoms with Crippen molar-refractivity contribution in [2.75, 3.05) is 11.9 Å². The van der Waals surface area contributed by atoms with Crippen molar-refractivity contribution in [3.8, 4) is 11.5 Å². The van der Waals surface area contributed by atoms with E-state index in [-0.39, 0.29) is 24.2 Å². The van der Waals surface area contributed by atoms with Crippen molar-refractivity contribution in [3.05, 3.63) is 78.8 Å². The molecule has 1 fully saturated rings. The van der Waals surface area contributed by atoms with Gasteiger partial charge in [-0.2, -0.15) is 0 Å². The van der Waals surface area contributed by atoms with Gasteiger partial charge in [0, 0.05) is 18.7 Å². The number of furan rings is 1. The lowest BCUT2D eigenvalue weighted by Crippen LogP contribution is -2.27. The Labute approximate surface area is 162 Å². The van der Waals surface area contributed by atoms with Crippen LogP contribution in [0.3, 0.4) is 0 Å². The number of nitrogens with zero attached hydrogens (tertiary/aromatic N) is 1. The number of ether oxygens (including phenoxy) is 1. The van der Waals surface area contributed by atoms with Crippen molar-refractivity contribution in [1.29, 1.82) is 0 Å². The molecule has 28 heavy (non-hydrogen) atoms. The molecule has 1 atom stereocenters. The lowest BCUT2D eigenvalue weighted by molar-refractivity contribution is -0.128.